The molecule has 0 aromatic rings. The maximum Gasteiger partial charge on any atom is 0.341 e. The van der Waals surface area contributed by atoms with Crippen molar-refractivity contribution in [2.24, 2.45) is 56.7 Å². The van der Waals surface area contributed by atoms with Crippen LogP contribution < -0.4 is 0 Å². The molecular weight excluding hydrogens is 424 g/mol. The lowest BCUT2D eigenvalue weighted by Gasteiger charge is -2.72. The van der Waals surface area contributed by atoms with Crippen LogP contribution >= 0.6 is 0 Å². The van der Waals surface area contributed by atoms with E-state index in [4.69, 9.17) is 9.47 Å². The minimum Gasteiger partial charge on any atom is -0.460 e. The quantitative estimate of drug-likeness (QED) is 0.325. The van der Waals surface area contributed by atoms with Crippen LogP contribution in [0.2, 0.25) is 0 Å². The number of hydrogen-bond acceptors (Lipinski definition) is 4. The number of esters is 1. The number of carbonyl (C=O) groups excluding carboxylic acids is 2. The molecule has 0 amide bonds. The average molecular weight is 469 g/mol. The van der Waals surface area contributed by atoms with Crippen molar-refractivity contribution >= 4 is 11.8 Å². The highest BCUT2D eigenvalue weighted by atomic mass is 16.7. The zero-order chi connectivity index (χ0) is 24.1. The molecular formula is C30H44O4. The lowest BCUT2D eigenvalue weighted by atomic mass is 9.32. The fourth-order valence-corrected chi connectivity index (χ4v) is 12.2. The summed E-state index contributed by atoms with van der Waals surface area (Å²) in [7, 11) is 0. The monoisotopic (exact) mass is 468 g/mol. The first kappa shape index (κ1) is 22.3. The van der Waals surface area contributed by atoms with Crippen molar-refractivity contribution in [2.45, 2.75) is 111 Å². The van der Waals surface area contributed by atoms with Gasteiger partial charge in [0.05, 0.1) is 6.61 Å². The lowest BCUT2D eigenvalue weighted by Crippen LogP contribution is -2.66. The fraction of sp³-hybridized carbons (Fsp3) is 0.933. The van der Waals surface area contributed by atoms with E-state index in [1.807, 2.05) is 0 Å². The van der Waals surface area contributed by atoms with E-state index in [-0.39, 0.29) is 45.1 Å². The first-order valence-corrected chi connectivity index (χ1v) is 14.2. The van der Waals surface area contributed by atoms with Gasteiger partial charge in [0, 0.05) is 17.8 Å². The molecule has 0 aromatic heterocycles. The Kier molecular flexibility index (Phi) is 4.03. The van der Waals surface area contributed by atoms with Crippen LogP contribution in [0, 0.1) is 56.7 Å². The molecule has 4 nitrogen and oxygen atoms in total. The summed E-state index contributed by atoms with van der Waals surface area (Å²) in [5.41, 5.74) is 0.287. The van der Waals surface area contributed by atoms with Crippen LogP contribution in [0.15, 0.2) is 0 Å². The first-order chi connectivity index (χ1) is 15.8. The normalized spacial score (nSPS) is 61.1. The van der Waals surface area contributed by atoms with E-state index >= 15 is 0 Å². The molecule has 0 radical (unpaired) electrons. The van der Waals surface area contributed by atoms with Crippen molar-refractivity contribution in [1.82, 2.24) is 0 Å². The molecule has 4 heteroatoms. The van der Waals surface area contributed by atoms with Gasteiger partial charge in [-0.15, -0.1) is 0 Å². The van der Waals surface area contributed by atoms with Gasteiger partial charge in [0.25, 0.3) is 0 Å². The van der Waals surface area contributed by atoms with E-state index in [1.165, 1.54) is 38.5 Å². The third kappa shape index (κ3) is 2.24. The Morgan fingerprint density at radius 1 is 0.794 bits per heavy atom. The molecule has 7 aliphatic rings. The second kappa shape index (κ2) is 6.14. The predicted molar refractivity (Wildman–Crippen MR) is 129 cm³/mol. The standard InChI is InChI=1S/C30H44O4/c1-25(2)19-9-12-29(6)20(27(19,4)11-10-21(25)31)8-7-17-22-23-18(34-24(32)30(23)16-33-30)15-26(22,3)13-14-28(17,29)5/h17-20,22-23H,7-16H2,1-6H3/t17-,18-,19+,20-,22+,23-,26+,27+,28-,29-,30+/m1/s1. The number of ketones is 1. The van der Waals surface area contributed by atoms with Gasteiger partial charge >= 0.3 is 5.97 Å². The number of rotatable bonds is 0. The predicted octanol–water partition coefficient (Wildman–Crippen LogP) is 5.96. The van der Waals surface area contributed by atoms with Crippen molar-refractivity contribution in [3.05, 3.63) is 0 Å². The molecule has 34 heavy (non-hydrogen) atoms. The largest absolute Gasteiger partial charge is 0.460 e. The van der Waals surface area contributed by atoms with Crippen molar-refractivity contribution in [2.75, 3.05) is 6.61 Å². The van der Waals surface area contributed by atoms with Crippen LogP contribution in [-0.4, -0.2) is 30.1 Å². The molecule has 7 rings (SSSR count). The van der Waals surface area contributed by atoms with Gasteiger partial charge in [0.1, 0.15) is 11.9 Å². The summed E-state index contributed by atoms with van der Waals surface area (Å²) in [6.07, 6.45) is 10.5. The maximum atomic E-state index is 13.0. The molecule has 7 fully saturated rings. The Morgan fingerprint density at radius 3 is 2.24 bits per heavy atom. The van der Waals surface area contributed by atoms with E-state index in [0.717, 1.165) is 19.3 Å². The molecule has 0 N–H and O–H groups in total. The van der Waals surface area contributed by atoms with Gasteiger partial charge in [-0.3, -0.25) is 4.79 Å². The van der Waals surface area contributed by atoms with Crippen molar-refractivity contribution in [3.63, 3.8) is 0 Å². The molecule has 5 aliphatic carbocycles. The number of carbonyl (C=O) groups is 2. The van der Waals surface area contributed by atoms with Gasteiger partial charge < -0.3 is 9.47 Å². The second-order valence-corrected chi connectivity index (χ2v) is 15.3. The minimum absolute atomic E-state index is 0.0660. The Hall–Kier alpha value is -0.900. The summed E-state index contributed by atoms with van der Waals surface area (Å²) < 4.78 is 11.9. The summed E-state index contributed by atoms with van der Waals surface area (Å²) in [4.78, 5) is 25.7. The highest BCUT2D eigenvalue weighted by Gasteiger charge is 2.78. The number of ether oxygens (including phenoxy) is 2. The molecule has 1 spiro atoms. The van der Waals surface area contributed by atoms with Crippen LogP contribution in [0.1, 0.15) is 99.3 Å². The van der Waals surface area contributed by atoms with Crippen LogP contribution in [0.3, 0.4) is 0 Å². The maximum absolute atomic E-state index is 13.0. The van der Waals surface area contributed by atoms with Gasteiger partial charge in [-0.25, -0.2) is 4.79 Å². The topological polar surface area (TPSA) is 55.9 Å². The Morgan fingerprint density at radius 2 is 1.53 bits per heavy atom. The third-order valence-corrected chi connectivity index (χ3v) is 14.2. The molecule has 2 heterocycles. The van der Waals surface area contributed by atoms with Gasteiger partial charge in [0.2, 0.25) is 0 Å². The number of hydrogen-bond donors (Lipinski definition) is 0. The zero-order valence-electron chi connectivity index (χ0n) is 22.2. The van der Waals surface area contributed by atoms with Crippen LogP contribution in [0.4, 0.5) is 0 Å². The van der Waals surface area contributed by atoms with Gasteiger partial charge in [0.15, 0.2) is 5.60 Å². The zero-order valence-corrected chi connectivity index (χ0v) is 22.2. The Labute approximate surface area is 205 Å². The van der Waals surface area contributed by atoms with Crippen molar-refractivity contribution < 1.29 is 19.1 Å². The van der Waals surface area contributed by atoms with Crippen LogP contribution in [-0.2, 0) is 19.1 Å². The van der Waals surface area contributed by atoms with Crippen molar-refractivity contribution in [3.8, 4) is 0 Å². The molecule has 0 aromatic carbocycles. The SMILES string of the molecule is CC1(C)C(=O)CC[C@]2(C)[C@H]3CC[C@@H]4[C@H]5[C@H]6[C@@H](C[C@]5(C)CC[C@@]4(C)[C@]3(C)CC[C@@H]12)OC(=O)[C@]61CO1. The molecule has 11 atom stereocenters. The average Bonchev–Trinajstić information content (AvgIpc) is 3.45. The summed E-state index contributed by atoms with van der Waals surface area (Å²) in [6, 6.07) is 0. The molecule has 2 saturated heterocycles. The third-order valence-electron chi connectivity index (χ3n) is 14.2. The van der Waals surface area contributed by atoms with E-state index in [2.05, 4.69) is 41.5 Å². The lowest BCUT2D eigenvalue weighted by molar-refractivity contribution is -0.234. The van der Waals surface area contributed by atoms with E-state index in [1.54, 1.807) is 0 Å². The summed E-state index contributed by atoms with van der Waals surface area (Å²) in [5, 5.41) is 0. The number of Topliss-reactive ketones (excluding diaryl/α,β-unsaturated/α-hetero) is 1. The highest BCUT2D eigenvalue weighted by molar-refractivity contribution is 5.86. The first-order valence-electron chi connectivity index (χ1n) is 14.2. The molecule has 5 saturated carbocycles. The second-order valence-electron chi connectivity index (χ2n) is 15.3. The highest BCUT2D eigenvalue weighted by Crippen LogP contribution is 2.78. The molecule has 188 valence electrons. The molecule has 0 unspecified atom stereocenters. The fourth-order valence-electron chi connectivity index (χ4n) is 12.2. The molecule has 2 aliphatic heterocycles. The van der Waals surface area contributed by atoms with E-state index in [9.17, 15) is 9.59 Å². The Balaban J connectivity index is 1.29. The number of fused-ring (bicyclic) bond motifs is 10. The van der Waals surface area contributed by atoms with Gasteiger partial charge in [-0.1, -0.05) is 41.5 Å². The minimum atomic E-state index is -0.611. The van der Waals surface area contributed by atoms with Crippen LogP contribution in [0.25, 0.3) is 0 Å². The van der Waals surface area contributed by atoms with E-state index in [0.29, 0.717) is 36.1 Å². The smallest absolute Gasteiger partial charge is 0.341 e. The summed E-state index contributed by atoms with van der Waals surface area (Å²) >= 11 is 0. The van der Waals surface area contributed by atoms with E-state index < -0.39 is 5.60 Å². The van der Waals surface area contributed by atoms with Crippen LogP contribution in [0.5, 0.6) is 0 Å². The van der Waals surface area contributed by atoms with Crippen molar-refractivity contribution in [1.29, 1.82) is 0 Å². The Bertz CT molecular complexity index is 980. The van der Waals surface area contributed by atoms with Gasteiger partial charge in [-0.05, 0) is 96.7 Å². The van der Waals surface area contributed by atoms with Gasteiger partial charge in [-0.2, -0.15) is 0 Å². The molecule has 0 bridgehead atoms. The summed E-state index contributed by atoms with van der Waals surface area (Å²) in [5.74, 6) is 3.03. The summed E-state index contributed by atoms with van der Waals surface area (Å²) in [6.45, 7) is 15.4. The number of epoxide rings is 1.